The lowest BCUT2D eigenvalue weighted by molar-refractivity contribution is 0.542. The highest BCUT2D eigenvalue weighted by molar-refractivity contribution is 7.91. The molecule has 1 aliphatic rings. The van der Waals surface area contributed by atoms with E-state index in [0.29, 0.717) is 29.6 Å². The van der Waals surface area contributed by atoms with E-state index in [-0.39, 0.29) is 23.0 Å². The largest absolute Gasteiger partial charge is 0.367 e. The zero-order valence-electron chi connectivity index (χ0n) is 12.0. The highest BCUT2D eigenvalue weighted by atomic mass is 35.5. The lowest BCUT2D eigenvalue weighted by Gasteiger charge is -2.24. The molecule has 0 amide bonds. The number of rotatable bonds is 2. The van der Waals surface area contributed by atoms with E-state index in [9.17, 15) is 8.42 Å². The molecule has 1 N–H and O–H groups in total. The van der Waals surface area contributed by atoms with Crippen LogP contribution in [0.5, 0.6) is 0 Å². The van der Waals surface area contributed by atoms with Gasteiger partial charge in [-0.1, -0.05) is 32.4 Å². The van der Waals surface area contributed by atoms with E-state index in [1.807, 2.05) is 20.8 Å². The highest BCUT2D eigenvalue weighted by Gasteiger charge is 2.24. The maximum atomic E-state index is 11.4. The molecule has 0 spiro atoms. The average Bonchev–Trinajstić information content (AvgIpc) is 2.30. The number of anilines is 1. The van der Waals surface area contributed by atoms with Gasteiger partial charge in [0.25, 0.3) is 0 Å². The number of hydrogen-bond acceptors (Lipinski definition) is 5. The zero-order valence-corrected chi connectivity index (χ0v) is 13.6. The molecule has 0 aromatic carbocycles. The topological polar surface area (TPSA) is 72.0 Å². The molecule has 0 atom stereocenters. The molecule has 2 heterocycles. The third kappa shape index (κ3) is 4.06. The lowest BCUT2D eigenvalue weighted by Crippen LogP contribution is -2.32. The first-order chi connectivity index (χ1) is 9.16. The Hall–Kier alpha value is -0.880. The number of nitrogens with zero attached hydrogens (tertiary/aromatic N) is 2. The molecule has 0 unspecified atom stereocenters. The van der Waals surface area contributed by atoms with E-state index in [2.05, 4.69) is 15.3 Å². The first kappa shape index (κ1) is 15.5. The maximum Gasteiger partial charge on any atom is 0.150 e. The van der Waals surface area contributed by atoms with E-state index in [1.165, 1.54) is 0 Å². The summed E-state index contributed by atoms with van der Waals surface area (Å²) in [5, 5.41) is 3.67. The van der Waals surface area contributed by atoms with Crippen molar-refractivity contribution >= 4 is 27.3 Å². The first-order valence-electron chi connectivity index (χ1n) is 6.68. The van der Waals surface area contributed by atoms with Crippen molar-refractivity contribution in [3.63, 3.8) is 0 Å². The first-order valence-corrected chi connectivity index (χ1v) is 8.88. The van der Waals surface area contributed by atoms with Crippen LogP contribution in [0.4, 0.5) is 5.82 Å². The van der Waals surface area contributed by atoms with E-state index in [1.54, 1.807) is 6.07 Å². The van der Waals surface area contributed by atoms with Crippen LogP contribution in [0, 0.1) is 0 Å². The highest BCUT2D eigenvalue weighted by Crippen LogP contribution is 2.24. The minimum absolute atomic E-state index is 0.123. The van der Waals surface area contributed by atoms with Crippen LogP contribution >= 0.6 is 11.6 Å². The fourth-order valence-corrected chi connectivity index (χ4v) is 3.75. The van der Waals surface area contributed by atoms with Gasteiger partial charge in [-0.2, -0.15) is 0 Å². The van der Waals surface area contributed by atoms with Crippen molar-refractivity contribution in [1.82, 2.24) is 9.97 Å². The standard InChI is InChI=1S/C13H20ClN3O2S/c1-13(2,3)12-16-10(14)8-11(17-12)15-9-4-6-20(18,19)7-5-9/h8-9H,4-7H2,1-3H3,(H,15,16,17). The van der Waals surface area contributed by atoms with Gasteiger partial charge in [-0.25, -0.2) is 18.4 Å². The second-order valence-corrected chi connectivity index (χ2v) is 8.91. The number of sulfone groups is 1. The van der Waals surface area contributed by atoms with E-state index >= 15 is 0 Å². The Morgan fingerprint density at radius 1 is 1.25 bits per heavy atom. The van der Waals surface area contributed by atoms with Crippen molar-refractivity contribution in [3.05, 3.63) is 17.0 Å². The molecule has 20 heavy (non-hydrogen) atoms. The van der Waals surface area contributed by atoms with E-state index in [4.69, 9.17) is 11.6 Å². The van der Waals surface area contributed by atoms with Gasteiger partial charge >= 0.3 is 0 Å². The van der Waals surface area contributed by atoms with Crippen LogP contribution in [0.2, 0.25) is 5.15 Å². The number of aromatic nitrogens is 2. The SMILES string of the molecule is CC(C)(C)c1nc(Cl)cc(NC2CCS(=O)(=O)CC2)n1. The molecule has 2 rings (SSSR count). The predicted octanol–water partition coefficient (Wildman–Crippen LogP) is 2.42. The van der Waals surface area contributed by atoms with Gasteiger partial charge in [0.1, 0.15) is 26.6 Å². The van der Waals surface area contributed by atoms with Crippen LogP contribution in [0.3, 0.4) is 0 Å². The summed E-state index contributed by atoms with van der Waals surface area (Å²) in [7, 11) is -2.85. The number of hydrogen-bond donors (Lipinski definition) is 1. The second-order valence-electron chi connectivity index (χ2n) is 6.22. The third-order valence-electron chi connectivity index (χ3n) is 3.27. The molecule has 0 bridgehead atoms. The molecule has 112 valence electrons. The van der Waals surface area contributed by atoms with Crippen molar-refractivity contribution in [3.8, 4) is 0 Å². The molecule has 0 radical (unpaired) electrons. The fourth-order valence-electron chi connectivity index (χ4n) is 2.07. The molecular weight excluding hydrogens is 298 g/mol. The van der Waals surface area contributed by atoms with Crippen molar-refractivity contribution in [2.24, 2.45) is 0 Å². The van der Waals surface area contributed by atoms with Gasteiger partial charge in [0.05, 0.1) is 11.5 Å². The molecule has 1 fully saturated rings. The molecule has 0 aliphatic carbocycles. The Kier molecular flexibility index (Phi) is 4.25. The van der Waals surface area contributed by atoms with Crippen molar-refractivity contribution in [1.29, 1.82) is 0 Å². The third-order valence-corrected chi connectivity index (χ3v) is 5.18. The minimum Gasteiger partial charge on any atom is -0.367 e. The van der Waals surface area contributed by atoms with Gasteiger partial charge in [0, 0.05) is 17.5 Å². The summed E-state index contributed by atoms with van der Waals surface area (Å²) in [6.45, 7) is 6.07. The molecule has 1 saturated heterocycles. The number of nitrogens with one attached hydrogen (secondary N) is 1. The lowest BCUT2D eigenvalue weighted by atomic mass is 9.96. The summed E-state index contributed by atoms with van der Waals surface area (Å²) < 4.78 is 22.8. The van der Waals surface area contributed by atoms with Gasteiger partial charge in [-0.3, -0.25) is 0 Å². The molecular formula is C13H20ClN3O2S. The van der Waals surface area contributed by atoms with Crippen molar-refractivity contribution in [2.45, 2.75) is 45.1 Å². The molecule has 1 aliphatic heterocycles. The Morgan fingerprint density at radius 2 is 1.85 bits per heavy atom. The fraction of sp³-hybridized carbons (Fsp3) is 0.692. The molecule has 7 heteroatoms. The summed E-state index contributed by atoms with van der Waals surface area (Å²) in [5.74, 6) is 1.81. The monoisotopic (exact) mass is 317 g/mol. The van der Waals surface area contributed by atoms with Crippen LogP contribution in [0.1, 0.15) is 39.4 Å². The van der Waals surface area contributed by atoms with Crippen molar-refractivity contribution < 1.29 is 8.42 Å². The molecule has 1 aromatic heterocycles. The minimum atomic E-state index is -2.85. The van der Waals surface area contributed by atoms with Crippen LogP contribution < -0.4 is 5.32 Å². The quantitative estimate of drug-likeness (QED) is 0.848. The van der Waals surface area contributed by atoms with E-state index in [0.717, 1.165) is 0 Å². The van der Waals surface area contributed by atoms with Crippen LogP contribution in [0.15, 0.2) is 6.07 Å². The zero-order chi connectivity index (χ0) is 15.0. The summed E-state index contributed by atoms with van der Waals surface area (Å²) in [4.78, 5) is 8.72. The maximum absolute atomic E-state index is 11.4. The van der Waals surface area contributed by atoms with Gasteiger partial charge < -0.3 is 5.32 Å². The normalized spacial score (nSPS) is 19.8. The Balaban J connectivity index is 2.12. The van der Waals surface area contributed by atoms with Crippen LogP contribution in [-0.4, -0.2) is 35.9 Å². The Morgan fingerprint density at radius 3 is 2.40 bits per heavy atom. The molecule has 1 aromatic rings. The molecule has 0 saturated carbocycles. The molecule has 5 nitrogen and oxygen atoms in total. The average molecular weight is 318 g/mol. The second kappa shape index (κ2) is 5.48. The Labute approximate surface area is 125 Å². The summed E-state index contributed by atoms with van der Waals surface area (Å²) in [5.41, 5.74) is -0.183. The predicted molar refractivity (Wildman–Crippen MR) is 81.0 cm³/mol. The van der Waals surface area contributed by atoms with Gasteiger partial charge in [0.2, 0.25) is 0 Å². The summed E-state index contributed by atoms with van der Waals surface area (Å²) in [6, 6.07) is 1.80. The van der Waals surface area contributed by atoms with Crippen LogP contribution in [-0.2, 0) is 15.3 Å². The summed E-state index contributed by atoms with van der Waals surface area (Å²) in [6.07, 6.45) is 1.21. The number of halogens is 1. The smallest absolute Gasteiger partial charge is 0.150 e. The van der Waals surface area contributed by atoms with Crippen LogP contribution in [0.25, 0.3) is 0 Å². The van der Waals surface area contributed by atoms with Gasteiger partial charge in [0.15, 0.2) is 0 Å². The van der Waals surface area contributed by atoms with Gasteiger partial charge in [-0.05, 0) is 12.8 Å². The van der Waals surface area contributed by atoms with Crippen molar-refractivity contribution in [2.75, 3.05) is 16.8 Å². The van der Waals surface area contributed by atoms with Gasteiger partial charge in [-0.15, -0.1) is 0 Å². The summed E-state index contributed by atoms with van der Waals surface area (Å²) >= 11 is 6.03. The van der Waals surface area contributed by atoms with E-state index < -0.39 is 9.84 Å². The Bertz CT molecular complexity index is 582.